The number of halogens is 2. The Kier molecular flexibility index (Phi) is 3.34. The van der Waals surface area contributed by atoms with Crippen LogP contribution in [0.15, 0.2) is 23.0 Å². The average Bonchev–Trinajstić information content (AvgIpc) is 3.11. The number of benzene rings is 1. The normalized spacial score (nSPS) is 15.8. The fraction of sp³-hybridized carbons (Fsp3) is 0.286. The highest BCUT2D eigenvalue weighted by Gasteiger charge is 2.46. The highest BCUT2D eigenvalue weighted by Crippen LogP contribution is 2.46. The number of H-pyrrole nitrogens is 2. The third kappa shape index (κ3) is 2.59. The predicted octanol–water partition coefficient (Wildman–Crippen LogP) is 2.74. The molecule has 2 aromatic rings. The van der Waals surface area contributed by atoms with Gasteiger partial charge in [-0.2, -0.15) is 0 Å². The molecule has 3 N–H and O–H groups in total. The van der Waals surface area contributed by atoms with Gasteiger partial charge in [0.1, 0.15) is 5.69 Å². The first kappa shape index (κ1) is 14.2. The van der Waals surface area contributed by atoms with Crippen LogP contribution in [0, 0.1) is 6.92 Å². The second kappa shape index (κ2) is 4.93. The summed E-state index contributed by atoms with van der Waals surface area (Å²) in [6, 6.07) is 5.34. The second-order valence-electron chi connectivity index (χ2n) is 5.24. The number of aromatic nitrogens is 2. The molecule has 110 valence electrons. The molecule has 1 fully saturated rings. The molecule has 0 saturated heterocycles. The summed E-state index contributed by atoms with van der Waals surface area (Å²) in [5.41, 5.74) is 0.873. The molecule has 1 heterocycles. The summed E-state index contributed by atoms with van der Waals surface area (Å²) in [6.07, 6.45) is 1.65. The van der Waals surface area contributed by atoms with Crippen molar-refractivity contribution in [3.05, 3.63) is 55.7 Å². The first-order valence-electron chi connectivity index (χ1n) is 6.48. The largest absolute Gasteiger partial charge is 0.341 e. The summed E-state index contributed by atoms with van der Waals surface area (Å²) < 4.78 is 0. The van der Waals surface area contributed by atoms with E-state index < -0.39 is 11.2 Å². The van der Waals surface area contributed by atoms with Gasteiger partial charge in [-0.3, -0.25) is 4.79 Å². The third-order valence-corrected chi connectivity index (χ3v) is 4.46. The van der Waals surface area contributed by atoms with E-state index >= 15 is 0 Å². The molecule has 0 spiro atoms. The number of nitrogens with one attached hydrogen (secondary N) is 3. The number of imidazole rings is 1. The quantitative estimate of drug-likeness (QED) is 0.811. The van der Waals surface area contributed by atoms with E-state index in [4.69, 9.17) is 23.2 Å². The van der Waals surface area contributed by atoms with Crippen molar-refractivity contribution >= 4 is 29.1 Å². The SMILES string of the molecule is Cc1[nH]c(=O)[nH]c1C(=O)NC1(c2ccc(Cl)c(Cl)c2)CC1. The van der Waals surface area contributed by atoms with Gasteiger partial charge in [-0.15, -0.1) is 0 Å². The van der Waals surface area contributed by atoms with Gasteiger partial charge in [0.15, 0.2) is 0 Å². The van der Waals surface area contributed by atoms with Gasteiger partial charge in [0, 0.05) is 5.69 Å². The van der Waals surface area contributed by atoms with Crippen molar-refractivity contribution in [3.8, 4) is 0 Å². The van der Waals surface area contributed by atoms with Crippen LogP contribution in [0.2, 0.25) is 10.0 Å². The number of carbonyl (C=O) groups excluding carboxylic acids is 1. The number of amides is 1. The summed E-state index contributed by atoms with van der Waals surface area (Å²) in [5.74, 6) is -0.311. The van der Waals surface area contributed by atoms with E-state index in [-0.39, 0.29) is 11.6 Å². The van der Waals surface area contributed by atoms with E-state index in [0.29, 0.717) is 15.7 Å². The van der Waals surface area contributed by atoms with Crippen LogP contribution in [0.4, 0.5) is 0 Å². The predicted molar refractivity (Wildman–Crippen MR) is 81.0 cm³/mol. The Morgan fingerprint density at radius 2 is 1.95 bits per heavy atom. The molecular weight excluding hydrogens is 313 g/mol. The first-order chi connectivity index (χ1) is 9.91. The zero-order chi connectivity index (χ0) is 15.2. The lowest BCUT2D eigenvalue weighted by molar-refractivity contribution is 0.0925. The Morgan fingerprint density at radius 3 is 2.48 bits per heavy atom. The fourth-order valence-corrected chi connectivity index (χ4v) is 2.68. The van der Waals surface area contributed by atoms with Crippen molar-refractivity contribution in [1.29, 1.82) is 0 Å². The molecule has 3 rings (SSSR count). The second-order valence-corrected chi connectivity index (χ2v) is 6.06. The van der Waals surface area contributed by atoms with E-state index in [1.54, 1.807) is 19.1 Å². The Bertz CT molecular complexity index is 775. The van der Waals surface area contributed by atoms with Crippen LogP contribution in [0.5, 0.6) is 0 Å². The maximum atomic E-state index is 12.3. The zero-order valence-electron chi connectivity index (χ0n) is 11.2. The standard InChI is InChI=1S/C14H13Cl2N3O2/c1-7-11(18-13(21)17-7)12(20)19-14(4-5-14)8-2-3-9(15)10(16)6-8/h2-3,6H,4-5H2,1H3,(H,19,20)(H2,17,18,21). The average molecular weight is 326 g/mol. The zero-order valence-corrected chi connectivity index (χ0v) is 12.7. The number of carbonyl (C=O) groups is 1. The molecule has 1 aromatic carbocycles. The number of hydrogen-bond donors (Lipinski definition) is 3. The van der Waals surface area contributed by atoms with Crippen molar-refractivity contribution in [2.24, 2.45) is 0 Å². The Balaban J connectivity index is 1.86. The first-order valence-corrected chi connectivity index (χ1v) is 7.24. The number of aromatic amines is 2. The van der Waals surface area contributed by atoms with E-state index in [0.717, 1.165) is 18.4 Å². The number of hydrogen-bond acceptors (Lipinski definition) is 2. The monoisotopic (exact) mass is 325 g/mol. The van der Waals surface area contributed by atoms with Crippen molar-refractivity contribution in [2.75, 3.05) is 0 Å². The van der Waals surface area contributed by atoms with Crippen LogP contribution in [-0.4, -0.2) is 15.9 Å². The van der Waals surface area contributed by atoms with Crippen LogP contribution in [0.3, 0.4) is 0 Å². The van der Waals surface area contributed by atoms with Crippen LogP contribution >= 0.6 is 23.2 Å². The topological polar surface area (TPSA) is 77.8 Å². The molecule has 1 aliphatic carbocycles. The van der Waals surface area contributed by atoms with Crippen molar-refractivity contribution in [1.82, 2.24) is 15.3 Å². The summed E-state index contributed by atoms with van der Waals surface area (Å²) >= 11 is 11.9. The van der Waals surface area contributed by atoms with Gasteiger partial charge < -0.3 is 15.3 Å². The summed E-state index contributed by atoms with van der Waals surface area (Å²) in [6.45, 7) is 1.67. The Morgan fingerprint density at radius 1 is 1.24 bits per heavy atom. The van der Waals surface area contributed by atoms with Crippen molar-refractivity contribution < 1.29 is 4.79 Å². The molecule has 0 aliphatic heterocycles. The lowest BCUT2D eigenvalue weighted by Crippen LogP contribution is -2.35. The molecule has 0 bridgehead atoms. The smallest absolute Gasteiger partial charge is 0.323 e. The summed E-state index contributed by atoms with van der Waals surface area (Å²) in [5, 5.41) is 3.91. The lowest BCUT2D eigenvalue weighted by Gasteiger charge is -2.18. The highest BCUT2D eigenvalue weighted by atomic mass is 35.5. The maximum Gasteiger partial charge on any atom is 0.323 e. The van der Waals surface area contributed by atoms with E-state index in [1.165, 1.54) is 0 Å². The molecule has 0 unspecified atom stereocenters. The minimum Gasteiger partial charge on any atom is -0.341 e. The molecule has 5 nitrogen and oxygen atoms in total. The molecule has 1 saturated carbocycles. The van der Waals surface area contributed by atoms with Crippen LogP contribution < -0.4 is 11.0 Å². The van der Waals surface area contributed by atoms with Gasteiger partial charge in [-0.1, -0.05) is 29.3 Å². The molecule has 1 amide bonds. The minimum absolute atomic E-state index is 0.256. The van der Waals surface area contributed by atoms with E-state index in [2.05, 4.69) is 15.3 Å². The van der Waals surface area contributed by atoms with Crippen LogP contribution in [0.25, 0.3) is 0 Å². The lowest BCUT2D eigenvalue weighted by atomic mass is 10.0. The molecule has 7 heteroatoms. The van der Waals surface area contributed by atoms with Crippen LogP contribution in [-0.2, 0) is 5.54 Å². The molecule has 0 atom stereocenters. The summed E-state index contributed by atoms with van der Waals surface area (Å²) in [7, 11) is 0. The Hall–Kier alpha value is -1.72. The molecule has 21 heavy (non-hydrogen) atoms. The summed E-state index contributed by atoms with van der Waals surface area (Å²) in [4.78, 5) is 28.6. The number of aryl methyl sites for hydroxylation is 1. The molecule has 0 radical (unpaired) electrons. The highest BCUT2D eigenvalue weighted by molar-refractivity contribution is 6.42. The van der Waals surface area contributed by atoms with Crippen LogP contribution in [0.1, 0.15) is 34.6 Å². The van der Waals surface area contributed by atoms with Gasteiger partial charge in [0.2, 0.25) is 0 Å². The van der Waals surface area contributed by atoms with E-state index in [1.807, 2.05) is 6.07 Å². The van der Waals surface area contributed by atoms with Gasteiger partial charge >= 0.3 is 5.69 Å². The van der Waals surface area contributed by atoms with Gasteiger partial charge in [-0.05, 0) is 37.5 Å². The van der Waals surface area contributed by atoms with Crippen molar-refractivity contribution in [2.45, 2.75) is 25.3 Å². The van der Waals surface area contributed by atoms with Gasteiger partial charge in [0.05, 0.1) is 15.6 Å². The van der Waals surface area contributed by atoms with Crippen molar-refractivity contribution in [3.63, 3.8) is 0 Å². The fourth-order valence-electron chi connectivity index (χ4n) is 2.38. The van der Waals surface area contributed by atoms with Gasteiger partial charge in [0.25, 0.3) is 5.91 Å². The maximum absolute atomic E-state index is 12.3. The minimum atomic E-state index is -0.425. The third-order valence-electron chi connectivity index (χ3n) is 3.72. The molecule has 1 aliphatic rings. The van der Waals surface area contributed by atoms with Gasteiger partial charge in [-0.25, -0.2) is 4.79 Å². The number of rotatable bonds is 3. The Labute approximate surface area is 130 Å². The molecular formula is C14H13Cl2N3O2. The van der Waals surface area contributed by atoms with E-state index in [9.17, 15) is 9.59 Å². The molecule has 1 aromatic heterocycles.